The highest BCUT2D eigenvalue weighted by atomic mass is 16.6. The van der Waals surface area contributed by atoms with E-state index in [9.17, 15) is 9.59 Å². The van der Waals surface area contributed by atoms with Gasteiger partial charge >= 0.3 is 6.09 Å². The molecular weight excluding hydrogens is 372 g/mol. The lowest BCUT2D eigenvalue weighted by Crippen LogP contribution is -2.48. The zero-order valence-electron chi connectivity index (χ0n) is 18.0. The summed E-state index contributed by atoms with van der Waals surface area (Å²) < 4.78 is 16.5. The lowest BCUT2D eigenvalue weighted by Gasteiger charge is -2.28. The van der Waals surface area contributed by atoms with Crippen molar-refractivity contribution in [3.63, 3.8) is 0 Å². The molecule has 0 bridgehead atoms. The molecule has 1 saturated carbocycles. The van der Waals surface area contributed by atoms with E-state index in [1.54, 1.807) is 27.9 Å². The molecule has 0 saturated heterocycles. The molecule has 0 radical (unpaired) electrons. The number of carbonyl (C=O) groups is 2. The van der Waals surface area contributed by atoms with E-state index >= 15 is 0 Å². The van der Waals surface area contributed by atoms with Gasteiger partial charge in [-0.05, 0) is 45.6 Å². The first kappa shape index (κ1) is 23.2. The van der Waals surface area contributed by atoms with Gasteiger partial charge in [0.1, 0.15) is 12.1 Å². The van der Waals surface area contributed by atoms with Crippen LogP contribution in [-0.2, 0) is 25.6 Å². The molecule has 0 aliphatic heterocycles. The van der Waals surface area contributed by atoms with Gasteiger partial charge in [0.05, 0.1) is 25.4 Å². The summed E-state index contributed by atoms with van der Waals surface area (Å²) in [6.07, 6.45) is 2.25. The summed E-state index contributed by atoms with van der Waals surface area (Å²) in [5.74, 6) is -0.216. The molecule has 1 fully saturated rings. The lowest BCUT2D eigenvalue weighted by molar-refractivity contribution is -0.124. The first-order valence-corrected chi connectivity index (χ1v) is 10.2. The Kier molecular flexibility index (Phi) is 8.92. The Balaban J connectivity index is 1.87. The fraction of sp³-hybridized carbons (Fsp3) is 0.636. The standard InChI is InChI=1S/C22H34N2O5/c1-22(2,3)29-21(26)24(13-14-27-4)15-20(25)23-18-11-8-12-19(18)28-16-17-9-6-5-7-10-17/h5-7,9-10,18-19H,8,11-16H2,1-4H3,(H,23,25)/t18-,19+/m1/s1. The van der Waals surface area contributed by atoms with Gasteiger partial charge < -0.3 is 19.5 Å². The van der Waals surface area contributed by atoms with E-state index in [-0.39, 0.29) is 31.1 Å². The number of rotatable bonds is 9. The largest absolute Gasteiger partial charge is 0.444 e. The fourth-order valence-electron chi connectivity index (χ4n) is 3.26. The van der Waals surface area contributed by atoms with Crippen LogP contribution in [0.25, 0.3) is 0 Å². The molecule has 7 heteroatoms. The lowest BCUT2D eigenvalue weighted by atomic mass is 10.2. The van der Waals surface area contributed by atoms with Crippen molar-refractivity contribution in [1.29, 1.82) is 0 Å². The zero-order valence-corrected chi connectivity index (χ0v) is 18.0. The monoisotopic (exact) mass is 406 g/mol. The molecule has 2 rings (SSSR count). The van der Waals surface area contributed by atoms with E-state index in [0.29, 0.717) is 13.2 Å². The summed E-state index contributed by atoms with van der Waals surface area (Å²) in [5.41, 5.74) is 0.487. The van der Waals surface area contributed by atoms with E-state index < -0.39 is 11.7 Å². The maximum Gasteiger partial charge on any atom is 0.410 e. The van der Waals surface area contributed by atoms with Crippen molar-refractivity contribution in [3.05, 3.63) is 35.9 Å². The van der Waals surface area contributed by atoms with Crippen molar-refractivity contribution in [1.82, 2.24) is 10.2 Å². The highest BCUT2D eigenvalue weighted by Crippen LogP contribution is 2.23. The smallest absolute Gasteiger partial charge is 0.410 e. The molecule has 0 spiro atoms. The number of hydrogen-bond donors (Lipinski definition) is 1. The van der Waals surface area contributed by atoms with Gasteiger partial charge in [-0.15, -0.1) is 0 Å². The van der Waals surface area contributed by atoms with E-state index in [2.05, 4.69) is 5.32 Å². The zero-order chi connectivity index (χ0) is 21.3. The molecule has 1 aromatic rings. The third-order valence-electron chi connectivity index (χ3n) is 4.66. The van der Waals surface area contributed by atoms with Gasteiger partial charge in [-0.2, -0.15) is 0 Å². The second-order valence-corrected chi connectivity index (χ2v) is 8.33. The molecule has 0 unspecified atom stereocenters. The summed E-state index contributed by atoms with van der Waals surface area (Å²) in [6.45, 7) is 6.47. The van der Waals surface area contributed by atoms with Gasteiger partial charge in [-0.3, -0.25) is 9.69 Å². The summed E-state index contributed by atoms with van der Waals surface area (Å²) in [4.78, 5) is 26.4. The Hall–Kier alpha value is -2.12. The third kappa shape index (κ3) is 8.41. The first-order valence-electron chi connectivity index (χ1n) is 10.2. The van der Waals surface area contributed by atoms with Gasteiger partial charge in [0.25, 0.3) is 0 Å². The van der Waals surface area contributed by atoms with E-state index in [1.807, 2.05) is 30.3 Å². The summed E-state index contributed by atoms with van der Waals surface area (Å²) in [7, 11) is 1.56. The molecule has 0 heterocycles. The van der Waals surface area contributed by atoms with E-state index in [1.165, 1.54) is 4.90 Å². The molecule has 1 N–H and O–H groups in total. The molecule has 29 heavy (non-hydrogen) atoms. The van der Waals surface area contributed by atoms with Crippen molar-refractivity contribution in [2.45, 2.75) is 64.4 Å². The third-order valence-corrected chi connectivity index (χ3v) is 4.66. The highest BCUT2D eigenvalue weighted by molar-refractivity contribution is 5.82. The molecule has 1 aliphatic rings. The van der Waals surface area contributed by atoms with E-state index in [0.717, 1.165) is 24.8 Å². The van der Waals surface area contributed by atoms with Crippen LogP contribution in [0, 0.1) is 0 Å². The van der Waals surface area contributed by atoms with Crippen LogP contribution >= 0.6 is 0 Å². The van der Waals surface area contributed by atoms with Gasteiger partial charge in [0.15, 0.2) is 0 Å². The average molecular weight is 407 g/mol. The van der Waals surface area contributed by atoms with Crippen molar-refractivity contribution in [3.8, 4) is 0 Å². The Labute approximate surface area is 173 Å². The number of nitrogens with one attached hydrogen (secondary N) is 1. The maximum absolute atomic E-state index is 12.6. The first-order chi connectivity index (χ1) is 13.8. The quantitative estimate of drug-likeness (QED) is 0.682. The van der Waals surface area contributed by atoms with Crippen molar-refractivity contribution < 1.29 is 23.8 Å². The minimum Gasteiger partial charge on any atom is -0.444 e. The van der Waals surface area contributed by atoms with Crippen LogP contribution in [0.3, 0.4) is 0 Å². The molecule has 1 aliphatic carbocycles. The Bertz CT molecular complexity index is 644. The molecule has 7 nitrogen and oxygen atoms in total. The van der Waals surface area contributed by atoms with Crippen molar-refractivity contribution in [2.24, 2.45) is 0 Å². The Morgan fingerprint density at radius 2 is 1.90 bits per heavy atom. The van der Waals surface area contributed by atoms with Gasteiger partial charge in [0, 0.05) is 13.7 Å². The maximum atomic E-state index is 12.6. The van der Waals surface area contributed by atoms with Crippen LogP contribution in [0.5, 0.6) is 0 Å². The van der Waals surface area contributed by atoms with E-state index in [4.69, 9.17) is 14.2 Å². The molecule has 1 aromatic carbocycles. The summed E-state index contributed by atoms with van der Waals surface area (Å²) in [6, 6.07) is 9.94. The minimum atomic E-state index is -0.624. The van der Waals surface area contributed by atoms with Crippen molar-refractivity contribution in [2.75, 3.05) is 26.8 Å². The molecule has 0 aromatic heterocycles. The van der Waals surface area contributed by atoms with Crippen LogP contribution in [0.4, 0.5) is 4.79 Å². The fourth-order valence-corrected chi connectivity index (χ4v) is 3.26. The Morgan fingerprint density at radius 1 is 1.17 bits per heavy atom. The van der Waals surface area contributed by atoms with Crippen LogP contribution in [-0.4, -0.2) is 61.5 Å². The second-order valence-electron chi connectivity index (χ2n) is 8.33. The number of ether oxygens (including phenoxy) is 3. The number of carbonyl (C=O) groups excluding carboxylic acids is 2. The summed E-state index contributed by atoms with van der Waals surface area (Å²) >= 11 is 0. The van der Waals surface area contributed by atoms with Crippen molar-refractivity contribution >= 4 is 12.0 Å². The summed E-state index contributed by atoms with van der Waals surface area (Å²) in [5, 5.41) is 3.04. The minimum absolute atomic E-state index is 0.0203. The molecule has 162 valence electrons. The van der Waals surface area contributed by atoms with Gasteiger partial charge in [-0.25, -0.2) is 4.79 Å². The van der Waals surface area contributed by atoms with Crippen LogP contribution in [0.1, 0.15) is 45.6 Å². The Morgan fingerprint density at radius 3 is 2.55 bits per heavy atom. The second kappa shape index (κ2) is 11.2. The molecular formula is C22H34N2O5. The number of amides is 2. The SMILES string of the molecule is COCCN(CC(=O)N[C@@H]1CCC[C@@H]1OCc1ccccc1)C(=O)OC(C)(C)C. The predicted molar refractivity (Wildman–Crippen MR) is 110 cm³/mol. The number of nitrogens with zero attached hydrogens (tertiary/aromatic N) is 1. The van der Waals surface area contributed by atoms with Crippen LogP contribution < -0.4 is 5.32 Å². The topological polar surface area (TPSA) is 77.1 Å². The van der Waals surface area contributed by atoms with Crippen LogP contribution in [0.15, 0.2) is 30.3 Å². The number of benzene rings is 1. The molecule has 2 atom stereocenters. The number of methoxy groups -OCH3 is 1. The highest BCUT2D eigenvalue weighted by Gasteiger charge is 2.31. The number of hydrogen-bond acceptors (Lipinski definition) is 5. The van der Waals surface area contributed by atoms with Gasteiger partial charge in [0.2, 0.25) is 5.91 Å². The average Bonchev–Trinajstić information content (AvgIpc) is 3.09. The molecule has 2 amide bonds. The van der Waals surface area contributed by atoms with Crippen LogP contribution in [0.2, 0.25) is 0 Å². The van der Waals surface area contributed by atoms with Gasteiger partial charge in [-0.1, -0.05) is 30.3 Å². The normalized spacial score (nSPS) is 19.0. The predicted octanol–water partition coefficient (Wildman–Crippen LogP) is 3.12.